The second-order valence-corrected chi connectivity index (χ2v) is 6.34. The highest BCUT2D eigenvalue weighted by molar-refractivity contribution is 6.00. The van der Waals surface area contributed by atoms with Crippen LogP contribution in [-0.2, 0) is 9.59 Å². The van der Waals surface area contributed by atoms with Gasteiger partial charge >= 0.3 is 0 Å². The molecule has 0 bridgehead atoms. The maximum atomic E-state index is 11.1. The molecule has 0 aliphatic carbocycles. The summed E-state index contributed by atoms with van der Waals surface area (Å²) in [4.78, 5) is 33.3. The molecule has 0 radical (unpaired) electrons. The first-order valence-corrected chi connectivity index (χ1v) is 7.84. The smallest absolute Gasteiger partial charge is 0.135 e. The molecule has 0 aromatic heterocycles. The van der Waals surface area contributed by atoms with Gasteiger partial charge in [-0.1, -0.05) is 0 Å². The van der Waals surface area contributed by atoms with Crippen LogP contribution in [0.25, 0.3) is 0 Å². The monoisotopic (exact) mass is 309 g/mol. The molecular weight excluding hydrogens is 278 g/mol. The molecule has 0 aliphatic rings. The van der Waals surface area contributed by atoms with Crippen LogP contribution in [-0.4, -0.2) is 60.1 Å². The predicted octanol–water partition coefficient (Wildman–Crippen LogP) is 2.58. The zero-order valence-electron chi connectivity index (χ0n) is 15.1. The Morgan fingerprint density at radius 2 is 1.45 bits per heavy atom. The third-order valence-electron chi connectivity index (χ3n) is 3.38. The topological polar surface area (TPSA) is 62.1 Å². The van der Waals surface area contributed by atoms with E-state index in [-0.39, 0.29) is 23.7 Å². The van der Waals surface area contributed by atoms with Crippen LogP contribution in [0.3, 0.4) is 0 Å². The molecule has 0 aliphatic heterocycles. The zero-order valence-corrected chi connectivity index (χ0v) is 15.1. The number of Topliss-reactive ketones (excluding diaryl/α,β-unsaturated/α-hetero) is 2. The first-order chi connectivity index (χ1) is 10.1. The fraction of sp³-hybridized carbons (Fsp3) is 0.765. The van der Waals surface area contributed by atoms with Crippen molar-refractivity contribution < 1.29 is 9.59 Å². The lowest BCUT2D eigenvalue weighted by atomic mass is 10.2. The summed E-state index contributed by atoms with van der Waals surface area (Å²) in [6.45, 7) is 12.6. The molecular formula is C17H31N3O2. The number of rotatable bonds is 10. The molecule has 0 aromatic carbocycles. The normalized spacial score (nSPS) is 15.8. The molecule has 0 amide bonds. The van der Waals surface area contributed by atoms with Gasteiger partial charge in [0.1, 0.15) is 11.6 Å². The Hall–Kier alpha value is -1.36. The molecule has 0 N–H and O–H groups in total. The largest absolute Gasteiger partial charge is 0.300 e. The van der Waals surface area contributed by atoms with Crippen molar-refractivity contribution in [2.45, 2.75) is 66.5 Å². The standard InChI is InChI=1S/C17H31N3O2/c1-12(8-16(5)21)18-10-15(4)20(7)11-14(3)19-13(2)9-17(6)22/h14-15H,8-11H2,1-7H3. The molecule has 5 nitrogen and oxygen atoms in total. The van der Waals surface area contributed by atoms with Gasteiger partial charge in [0.2, 0.25) is 0 Å². The van der Waals surface area contributed by atoms with Crippen molar-refractivity contribution in [3.63, 3.8) is 0 Å². The Labute approximate surface area is 134 Å². The SMILES string of the molecule is CC(=O)CC(C)=NCC(C)N(C)CC(C)N=C(C)CC(C)=O. The average molecular weight is 309 g/mol. The molecule has 2 atom stereocenters. The van der Waals surface area contributed by atoms with Crippen molar-refractivity contribution in [1.29, 1.82) is 0 Å². The predicted molar refractivity (Wildman–Crippen MR) is 93.2 cm³/mol. The van der Waals surface area contributed by atoms with E-state index in [1.54, 1.807) is 13.8 Å². The van der Waals surface area contributed by atoms with Crippen molar-refractivity contribution in [1.82, 2.24) is 4.90 Å². The summed E-state index contributed by atoms with van der Waals surface area (Å²) in [7, 11) is 2.05. The molecule has 5 heteroatoms. The van der Waals surface area contributed by atoms with Crippen LogP contribution in [0.2, 0.25) is 0 Å². The Morgan fingerprint density at radius 3 is 1.95 bits per heavy atom. The zero-order chi connectivity index (χ0) is 17.3. The molecule has 0 spiro atoms. The van der Waals surface area contributed by atoms with E-state index in [0.717, 1.165) is 18.0 Å². The number of nitrogens with zero attached hydrogens (tertiary/aromatic N) is 3. The van der Waals surface area contributed by atoms with Gasteiger partial charge < -0.3 is 0 Å². The van der Waals surface area contributed by atoms with Crippen LogP contribution >= 0.6 is 0 Å². The highest BCUT2D eigenvalue weighted by atomic mass is 16.1. The first kappa shape index (κ1) is 20.6. The second-order valence-electron chi connectivity index (χ2n) is 6.34. The van der Waals surface area contributed by atoms with Crippen LogP contribution in [0.1, 0.15) is 54.4 Å². The van der Waals surface area contributed by atoms with E-state index in [1.165, 1.54) is 0 Å². The van der Waals surface area contributed by atoms with Gasteiger partial charge in [-0.15, -0.1) is 0 Å². The lowest BCUT2D eigenvalue weighted by Gasteiger charge is -2.25. The van der Waals surface area contributed by atoms with Crippen molar-refractivity contribution in [2.24, 2.45) is 9.98 Å². The molecule has 0 saturated heterocycles. The van der Waals surface area contributed by atoms with Crippen LogP contribution in [0.5, 0.6) is 0 Å². The summed E-state index contributed by atoms with van der Waals surface area (Å²) in [5.74, 6) is 0.289. The minimum atomic E-state index is 0.144. The number of carbonyl (C=O) groups is 2. The molecule has 0 saturated carbocycles. The average Bonchev–Trinajstić information content (AvgIpc) is 2.33. The highest BCUT2D eigenvalue weighted by Gasteiger charge is 2.12. The van der Waals surface area contributed by atoms with Crippen LogP contribution < -0.4 is 0 Å². The van der Waals surface area contributed by atoms with Gasteiger partial charge in [-0.25, -0.2) is 0 Å². The van der Waals surface area contributed by atoms with E-state index in [1.807, 2.05) is 20.9 Å². The molecule has 126 valence electrons. The number of ketones is 2. The van der Waals surface area contributed by atoms with Gasteiger partial charge in [0, 0.05) is 36.9 Å². The van der Waals surface area contributed by atoms with Crippen LogP contribution in [0.15, 0.2) is 9.98 Å². The van der Waals surface area contributed by atoms with E-state index < -0.39 is 0 Å². The lowest BCUT2D eigenvalue weighted by Crippen LogP contribution is -2.36. The molecule has 0 aromatic rings. The number of hydrogen-bond acceptors (Lipinski definition) is 5. The summed E-state index contributed by atoms with van der Waals surface area (Å²) >= 11 is 0. The van der Waals surface area contributed by atoms with Crippen LogP contribution in [0, 0.1) is 0 Å². The molecule has 0 rings (SSSR count). The quantitative estimate of drug-likeness (QED) is 0.583. The highest BCUT2D eigenvalue weighted by Crippen LogP contribution is 2.03. The first-order valence-electron chi connectivity index (χ1n) is 7.84. The summed E-state index contributed by atoms with van der Waals surface area (Å²) in [5.41, 5.74) is 1.77. The van der Waals surface area contributed by atoms with Gasteiger partial charge in [-0.05, 0) is 48.6 Å². The maximum absolute atomic E-state index is 11.1. The number of carbonyl (C=O) groups excluding carboxylic acids is 2. The summed E-state index contributed by atoms with van der Waals surface area (Å²) in [5, 5.41) is 0. The summed E-state index contributed by atoms with van der Waals surface area (Å²) < 4.78 is 0. The molecule has 0 fully saturated rings. The van der Waals surface area contributed by atoms with Crippen molar-refractivity contribution >= 4 is 23.0 Å². The summed E-state index contributed by atoms with van der Waals surface area (Å²) in [6.07, 6.45) is 0.861. The Morgan fingerprint density at radius 1 is 0.955 bits per heavy atom. The maximum Gasteiger partial charge on any atom is 0.135 e. The third kappa shape index (κ3) is 10.4. The Balaban J connectivity index is 4.37. The van der Waals surface area contributed by atoms with E-state index >= 15 is 0 Å². The molecule has 0 heterocycles. The third-order valence-corrected chi connectivity index (χ3v) is 3.38. The van der Waals surface area contributed by atoms with E-state index in [9.17, 15) is 9.59 Å². The van der Waals surface area contributed by atoms with E-state index in [2.05, 4.69) is 28.7 Å². The van der Waals surface area contributed by atoms with Crippen molar-refractivity contribution in [3.05, 3.63) is 0 Å². The van der Waals surface area contributed by atoms with E-state index in [4.69, 9.17) is 0 Å². The van der Waals surface area contributed by atoms with Gasteiger partial charge in [0.15, 0.2) is 0 Å². The minimum absolute atomic E-state index is 0.144. The lowest BCUT2D eigenvalue weighted by molar-refractivity contribution is -0.116. The van der Waals surface area contributed by atoms with Gasteiger partial charge in [-0.2, -0.15) is 0 Å². The second kappa shape index (κ2) is 10.4. The van der Waals surface area contributed by atoms with Gasteiger partial charge in [0.05, 0.1) is 12.6 Å². The molecule has 2 unspecified atom stereocenters. The fourth-order valence-corrected chi connectivity index (χ4v) is 2.26. The Kier molecular flexibility index (Phi) is 9.74. The van der Waals surface area contributed by atoms with Gasteiger partial charge in [-0.3, -0.25) is 24.5 Å². The van der Waals surface area contributed by atoms with Crippen molar-refractivity contribution in [3.8, 4) is 0 Å². The Bertz CT molecular complexity index is 441. The van der Waals surface area contributed by atoms with Gasteiger partial charge in [0.25, 0.3) is 0 Å². The fourth-order valence-electron chi connectivity index (χ4n) is 2.26. The number of likely N-dealkylation sites (N-methyl/N-ethyl adjacent to an activating group) is 1. The molecule has 22 heavy (non-hydrogen) atoms. The number of hydrogen-bond donors (Lipinski definition) is 0. The summed E-state index contributed by atoms with van der Waals surface area (Å²) in [6, 6.07) is 0.432. The number of aliphatic imine (C=N–C) groups is 2. The van der Waals surface area contributed by atoms with E-state index in [0.29, 0.717) is 19.4 Å². The van der Waals surface area contributed by atoms with Crippen LogP contribution in [0.4, 0.5) is 0 Å². The van der Waals surface area contributed by atoms with Crippen molar-refractivity contribution in [2.75, 3.05) is 20.1 Å². The minimum Gasteiger partial charge on any atom is -0.300 e.